The number of nitrogens with zero attached hydrogens (tertiary/aromatic N) is 4. The Morgan fingerprint density at radius 1 is 1.41 bits per heavy atom. The van der Waals surface area contributed by atoms with E-state index in [1.807, 2.05) is 0 Å². The number of fused-ring (bicyclic) bond motifs is 1. The summed E-state index contributed by atoms with van der Waals surface area (Å²) in [6.45, 7) is 3.42. The third-order valence-corrected chi connectivity index (χ3v) is 4.54. The van der Waals surface area contributed by atoms with Gasteiger partial charge >= 0.3 is 0 Å². The maximum atomic E-state index is 11.5. The number of nitrogens with two attached hydrogens (primary N) is 1. The van der Waals surface area contributed by atoms with Gasteiger partial charge in [0, 0.05) is 0 Å². The van der Waals surface area contributed by atoms with E-state index in [4.69, 9.17) is 10.5 Å². The number of anilines is 1. The molecule has 0 radical (unpaired) electrons. The highest BCUT2D eigenvalue weighted by Gasteiger charge is 2.46. The zero-order chi connectivity index (χ0) is 15.9. The summed E-state index contributed by atoms with van der Waals surface area (Å²) in [4.78, 5) is 12.0. The maximum Gasteiger partial charge on any atom is 0.167 e. The number of nitrogen functional groups attached to an aromatic ring is 1. The van der Waals surface area contributed by atoms with Crippen LogP contribution >= 0.6 is 0 Å². The van der Waals surface area contributed by atoms with Gasteiger partial charge in [-0.05, 0) is 11.2 Å². The molecule has 2 aromatic heterocycles. The monoisotopic (exact) mass is 325 g/mol. The van der Waals surface area contributed by atoms with Gasteiger partial charge in [-0.25, -0.2) is 15.0 Å². The van der Waals surface area contributed by atoms with E-state index in [9.17, 15) is 14.8 Å². The SMILES string of the molecule is C=C[S+]([O-])C[C@H]1O[C@@H](n2cnc3c(N)ncnc32)[C@@H](O)C1O. The number of aromatic nitrogens is 4. The maximum absolute atomic E-state index is 11.5. The molecule has 1 aliphatic rings. The van der Waals surface area contributed by atoms with Crippen LogP contribution in [0, 0.1) is 0 Å². The highest BCUT2D eigenvalue weighted by molar-refractivity contribution is 7.94. The summed E-state index contributed by atoms with van der Waals surface area (Å²) in [5, 5.41) is 21.5. The molecule has 0 spiro atoms. The molecule has 0 amide bonds. The van der Waals surface area contributed by atoms with Crippen LogP contribution in [0.25, 0.3) is 11.2 Å². The second kappa shape index (κ2) is 5.82. The molecule has 3 rings (SSSR count). The topological polar surface area (TPSA) is 142 Å². The Morgan fingerprint density at radius 2 is 2.18 bits per heavy atom. The first-order valence-electron chi connectivity index (χ1n) is 6.47. The smallest absolute Gasteiger partial charge is 0.167 e. The first-order valence-corrected chi connectivity index (χ1v) is 7.85. The third-order valence-electron chi connectivity index (χ3n) is 3.51. The molecule has 2 aromatic rings. The van der Waals surface area contributed by atoms with Gasteiger partial charge in [-0.2, -0.15) is 0 Å². The molecule has 1 aliphatic heterocycles. The summed E-state index contributed by atoms with van der Waals surface area (Å²) < 4.78 is 18.6. The van der Waals surface area contributed by atoms with Gasteiger partial charge in [0.1, 0.15) is 41.3 Å². The lowest BCUT2D eigenvalue weighted by molar-refractivity contribution is -0.0291. The zero-order valence-corrected chi connectivity index (χ0v) is 12.3. The van der Waals surface area contributed by atoms with Crippen molar-refractivity contribution in [3.05, 3.63) is 24.6 Å². The summed E-state index contributed by atoms with van der Waals surface area (Å²) in [7, 11) is 0. The average molecular weight is 325 g/mol. The van der Waals surface area contributed by atoms with Crippen LogP contribution in [0.2, 0.25) is 0 Å². The number of ether oxygens (including phenoxy) is 1. The minimum atomic E-state index is -1.35. The molecule has 5 atom stereocenters. The molecule has 22 heavy (non-hydrogen) atoms. The van der Waals surface area contributed by atoms with Crippen molar-refractivity contribution >= 4 is 28.2 Å². The number of aliphatic hydroxyl groups is 2. The lowest BCUT2D eigenvalue weighted by Crippen LogP contribution is -2.34. The van der Waals surface area contributed by atoms with E-state index in [0.29, 0.717) is 11.2 Å². The Hall–Kier alpha value is -1.72. The Morgan fingerprint density at radius 3 is 2.91 bits per heavy atom. The fourth-order valence-electron chi connectivity index (χ4n) is 2.38. The van der Waals surface area contributed by atoms with Gasteiger partial charge in [0.2, 0.25) is 0 Å². The molecule has 10 heteroatoms. The van der Waals surface area contributed by atoms with Gasteiger partial charge in [0.05, 0.1) is 6.33 Å². The molecule has 1 saturated heterocycles. The molecule has 1 fully saturated rings. The van der Waals surface area contributed by atoms with Gasteiger partial charge < -0.3 is 25.2 Å². The number of imidazole rings is 1. The Bertz CT molecular complexity index is 695. The van der Waals surface area contributed by atoms with Crippen LogP contribution in [0.5, 0.6) is 0 Å². The van der Waals surface area contributed by atoms with Crippen LogP contribution in [-0.2, 0) is 15.9 Å². The highest BCUT2D eigenvalue weighted by Crippen LogP contribution is 2.32. The molecule has 118 valence electrons. The minimum Gasteiger partial charge on any atom is -0.612 e. The fourth-order valence-corrected chi connectivity index (χ4v) is 3.12. The molecule has 3 heterocycles. The van der Waals surface area contributed by atoms with E-state index in [2.05, 4.69) is 21.5 Å². The largest absolute Gasteiger partial charge is 0.612 e. The molecule has 4 N–H and O–H groups in total. The lowest BCUT2D eigenvalue weighted by Gasteiger charge is -2.16. The predicted octanol–water partition coefficient (Wildman–Crippen LogP) is -1.08. The van der Waals surface area contributed by atoms with Gasteiger partial charge in [0.15, 0.2) is 17.7 Å². The Balaban J connectivity index is 1.91. The van der Waals surface area contributed by atoms with Gasteiger partial charge in [-0.15, -0.1) is 0 Å². The Labute approximate surface area is 128 Å². The Kier molecular flexibility index (Phi) is 4.02. The average Bonchev–Trinajstić information content (AvgIpc) is 3.05. The van der Waals surface area contributed by atoms with Crippen molar-refractivity contribution in [1.29, 1.82) is 0 Å². The fraction of sp³-hybridized carbons (Fsp3) is 0.417. The third kappa shape index (κ3) is 2.44. The highest BCUT2D eigenvalue weighted by atomic mass is 32.2. The van der Waals surface area contributed by atoms with E-state index in [1.165, 1.54) is 22.6 Å². The van der Waals surface area contributed by atoms with Crippen molar-refractivity contribution in [2.24, 2.45) is 0 Å². The van der Waals surface area contributed by atoms with Crippen LogP contribution in [0.4, 0.5) is 5.82 Å². The van der Waals surface area contributed by atoms with Gasteiger partial charge in [-0.3, -0.25) is 4.57 Å². The minimum absolute atomic E-state index is 0.0436. The molecule has 0 bridgehead atoms. The van der Waals surface area contributed by atoms with Crippen molar-refractivity contribution < 1.29 is 19.5 Å². The molecule has 0 saturated carbocycles. The van der Waals surface area contributed by atoms with Gasteiger partial charge in [-0.1, -0.05) is 6.58 Å². The van der Waals surface area contributed by atoms with Crippen molar-refractivity contribution in [3.8, 4) is 0 Å². The summed E-state index contributed by atoms with van der Waals surface area (Å²) >= 11 is -1.35. The summed E-state index contributed by atoms with van der Waals surface area (Å²) in [5.41, 5.74) is 6.47. The summed E-state index contributed by atoms with van der Waals surface area (Å²) in [6, 6.07) is 0. The predicted molar refractivity (Wildman–Crippen MR) is 78.9 cm³/mol. The van der Waals surface area contributed by atoms with Crippen molar-refractivity contribution in [3.63, 3.8) is 0 Å². The van der Waals surface area contributed by atoms with E-state index in [1.54, 1.807) is 0 Å². The van der Waals surface area contributed by atoms with Crippen LogP contribution in [0.15, 0.2) is 24.6 Å². The van der Waals surface area contributed by atoms with E-state index in [0.717, 1.165) is 0 Å². The summed E-state index contributed by atoms with van der Waals surface area (Å²) in [5.74, 6) is 0.253. The second-order valence-corrected chi connectivity index (χ2v) is 6.27. The van der Waals surface area contributed by atoms with Crippen LogP contribution < -0.4 is 5.73 Å². The number of rotatable bonds is 4. The standard InChI is InChI=1S/C12H15N5O4S/c1-2-22(20)3-6-8(18)9(19)12(21-6)17-5-16-7-10(13)14-4-15-11(7)17/h2,4-6,8-9,12,18-19H,1,3H2,(H2,13,14,15)/t6-,8?,9+,12-,22?/m1/s1. The first kappa shape index (κ1) is 15.2. The van der Waals surface area contributed by atoms with E-state index < -0.39 is 35.7 Å². The number of hydrogen-bond donors (Lipinski definition) is 3. The molecular formula is C12H15N5O4S. The molecule has 2 unspecified atom stereocenters. The normalized spacial score (nSPS) is 29.8. The van der Waals surface area contributed by atoms with E-state index in [-0.39, 0.29) is 11.6 Å². The quantitative estimate of drug-likeness (QED) is 0.602. The van der Waals surface area contributed by atoms with Crippen molar-refractivity contribution in [1.82, 2.24) is 19.5 Å². The van der Waals surface area contributed by atoms with Gasteiger partial charge in [0.25, 0.3) is 0 Å². The first-order chi connectivity index (χ1) is 10.5. The molecular weight excluding hydrogens is 310 g/mol. The van der Waals surface area contributed by atoms with Crippen molar-refractivity contribution in [2.75, 3.05) is 11.5 Å². The zero-order valence-electron chi connectivity index (χ0n) is 11.4. The van der Waals surface area contributed by atoms with Crippen LogP contribution in [-0.4, -0.2) is 58.3 Å². The van der Waals surface area contributed by atoms with Crippen molar-refractivity contribution in [2.45, 2.75) is 24.5 Å². The molecule has 0 aromatic carbocycles. The summed E-state index contributed by atoms with van der Waals surface area (Å²) in [6.07, 6.45) is -1.39. The van der Waals surface area contributed by atoms with E-state index >= 15 is 0 Å². The number of hydrogen-bond acceptors (Lipinski definition) is 8. The van der Waals surface area contributed by atoms with Crippen LogP contribution in [0.1, 0.15) is 6.23 Å². The lowest BCUT2D eigenvalue weighted by atomic mass is 10.1. The molecule has 9 nitrogen and oxygen atoms in total. The van der Waals surface area contributed by atoms with Crippen LogP contribution in [0.3, 0.4) is 0 Å². The number of aliphatic hydroxyl groups excluding tert-OH is 2. The second-order valence-electron chi connectivity index (χ2n) is 4.84. The molecule has 0 aliphatic carbocycles.